The Labute approximate surface area is 194 Å². The Balaban J connectivity index is 1.50. The third-order valence-electron chi connectivity index (χ3n) is 6.35. The number of fused-ring (bicyclic) bond motifs is 6. The number of rotatable bonds is 2. The van der Waals surface area contributed by atoms with Crippen molar-refractivity contribution in [2.75, 3.05) is 0 Å². The van der Waals surface area contributed by atoms with Crippen molar-refractivity contribution in [2.45, 2.75) is 0 Å². The summed E-state index contributed by atoms with van der Waals surface area (Å²) in [4.78, 5) is 8.75. The molecule has 0 atom stereocenters. The Morgan fingerprint density at radius 1 is 0.706 bits per heavy atom. The maximum atomic E-state index is 9.52. The second-order valence-electron chi connectivity index (χ2n) is 8.27. The van der Waals surface area contributed by atoms with Gasteiger partial charge in [-0.3, -0.25) is 0 Å². The third-order valence-corrected chi connectivity index (χ3v) is 6.35. The Hall–Kier alpha value is -4.95. The quantitative estimate of drug-likeness (QED) is 0.292. The number of aromatic nitrogens is 3. The fraction of sp³-hybridized carbons (Fsp3) is 0. The van der Waals surface area contributed by atoms with Gasteiger partial charge in [0.05, 0.1) is 22.7 Å². The summed E-state index contributed by atoms with van der Waals surface area (Å²) in [6.07, 6.45) is 3.32. The standard InChI is InChI=1S/C29H16N4O/c30-17-18-6-9-25-22(14-18)23-15-19(7-10-26(23)33(25)21-4-2-1-3-5-21)20-8-11-27-24(16-20)28-29(34-27)32-13-12-31-28/h1-16H. The maximum Gasteiger partial charge on any atom is 0.246 e. The van der Waals surface area contributed by atoms with Crippen molar-refractivity contribution >= 4 is 44.0 Å². The minimum absolute atomic E-state index is 0.542. The molecule has 0 unspecified atom stereocenters. The molecule has 34 heavy (non-hydrogen) atoms. The van der Waals surface area contributed by atoms with Gasteiger partial charge < -0.3 is 8.98 Å². The molecule has 0 spiro atoms. The van der Waals surface area contributed by atoms with Gasteiger partial charge >= 0.3 is 0 Å². The van der Waals surface area contributed by atoms with Crippen LogP contribution in [0.2, 0.25) is 0 Å². The predicted octanol–water partition coefficient (Wildman–Crippen LogP) is 7.01. The van der Waals surface area contributed by atoms with E-state index in [2.05, 4.69) is 63.1 Å². The SMILES string of the molecule is N#Cc1ccc2c(c1)c1cc(-c3ccc4oc5nccnc5c4c3)ccc1n2-c1ccccc1. The van der Waals surface area contributed by atoms with Crippen LogP contribution in [-0.4, -0.2) is 14.5 Å². The molecule has 5 heteroatoms. The molecule has 4 aromatic carbocycles. The van der Waals surface area contributed by atoms with Crippen molar-refractivity contribution < 1.29 is 4.42 Å². The summed E-state index contributed by atoms with van der Waals surface area (Å²) in [6, 6.07) is 31.1. The lowest BCUT2D eigenvalue weighted by atomic mass is 10.0. The predicted molar refractivity (Wildman–Crippen MR) is 134 cm³/mol. The highest BCUT2D eigenvalue weighted by Gasteiger charge is 2.15. The number of para-hydroxylation sites is 1. The Kier molecular flexibility index (Phi) is 3.84. The monoisotopic (exact) mass is 436 g/mol. The first-order valence-electron chi connectivity index (χ1n) is 11.0. The van der Waals surface area contributed by atoms with Gasteiger partial charge in [0.25, 0.3) is 0 Å². The van der Waals surface area contributed by atoms with Crippen LogP contribution in [0.15, 0.2) is 102 Å². The molecular weight excluding hydrogens is 420 g/mol. The summed E-state index contributed by atoms with van der Waals surface area (Å²) in [6.45, 7) is 0. The lowest BCUT2D eigenvalue weighted by molar-refractivity contribution is 0.653. The molecule has 0 saturated heterocycles. The van der Waals surface area contributed by atoms with Crippen LogP contribution in [0, 0.1) is 11.3 Å². The number of furan rings is 1. The normalized spacial score (nSPS) is 11.5. The van der Waals surface area contributed by atoms with Gasteiger partial charge in [-0.2, -0.15) is 5.26 Å². The summed E-state index contributed by atoms with van der Waals surface area (Å²) >= 11 is 0. The summed E-state index contributed by atoms with van der Waals surface area (Å²) in [5.74, 6) is 0. The fourth-order valence-corrected chi connectivity index (χ4v) is 4.80. The zero-order valence-electron chi connectivity index (χ0n) is 17.9. The minimum Gasteiger partial charge on any atom is -0.436 e. The van der Waals surface area contributed by atoms with Crippen molar-refractivity contribution in [3.63, 3.8) is 0 Å². The van der Waals surface area contributed by atoms with Crippen LogP contribution in [0.1, 0.15) is 5.56 Å². The van der Waals surface area contributed by atoms with E-state index in [9.17, 15) is 5.26 Å². The topological polar surface area (TPSA) is 67.6 Å². The molecule has 7 rings (SSSR count). The molecule has 0 aliphatic heterocycles. The minimum atomic E-state index is 0.542. The number of nitriles is 1. The van der Waals surface area contributed by atoms with E-state index in [1.54, 1.807) is 12.4 Å². The van der Waals surface area contributed by atoms with Crippen molar-refractivity contribution in [2.24, 2.45) is 0 Å². The lowest BCUT2D eigenvalue weighted by Crippen LogP contribution is -1.93. The molecule has 0 bridgehead atoms. The van der Waals surface area contributed by atoms with E-state index >= 15 is 0 Å². The molecule has 158 valence electrons. The summed E-state index contributed by atoms with van der Waals surface area (Å²) in [7, 11) is 0. The van der Waals surface area contributed by atoms with Gasteiger partial charge in [-0.05, 0) is 65.7 Å². The van der Waals surface area contributed by atoms with Crippen LogP contribution >= 0.6 is 0 Å². The average molecular weight is 436 g/mol. The summed E-state index contributed by atoms with van der Waals surface area (Å²) in [5.41, 5.74) is 8.14. The zero-order chi connectivity index (χ0) is 22.6. The average Bonchev–Trinajstić information content (AvgIpc) is 3.43. The van der Waals surface area contributed by atoms with Crippen molar-refractivity contribution in [3.8, 4) is 22.9 Å². The summed E-state index contributed by atoms with van der Waals surface area (Å²) < 4.78 is 8.09. The van der Waals surface area contributed by atoms with Crippen LogP contribution < -0.4 is 0 Å². The second-order valence-corrected chi connectivity index (χ2v) is 8.27. The van der Waals surface area contributed by atoms with Crippen LogP contribution in [0.3, 0.4) is 0 Å². The lowest BCUT2D eigenvalue weighted by Gasteiger charge is -2.08. The number of nitrogens with zero attached hydrogens (tertiary/aromatic N) is 4. The molecule has 0 N–H and O–H groups in total. The highest BCUT2D eigenvalue weighted by molar-refractivity contribution is 6.11. The largest absolute Gasteiger partial charge is 0.436 e. The molecule has 5 nitrogen and oxygen atoms in total. The zero-order valence-corrected chi connectivity index (χ0v) is 17.9. The van der Waals surface area contributed by atoms with E-state index in [4.69, 9.17) is 4.42 Å². The summed E-state index contributed by atoms with van der Waals surface area (Å²) in [5, 5.41) is 12.6. The highest BCUT2D eigenvalue weighted by atomic mass is 16.3. The van der Waals surface area contributed by atoms with Gasteiger partial charge in [-0.25, -0.2) is 9.97 Å². The third kappa shape index (κ3) is 2.66. The fourth-order valence-electron chi connectivity index (χ4n) is 4.80. The van der Waals surface area contributed by atoms with E-state index in [0.29, 0.717) is 11.3 Å². The van der Waals surface area contributed by atoms with E-state index in [1.807, 2.05) is 42.5 Å². The van der Waals surface area contributed by atoms with Crippen molar-refractivity contribution in [1.82, 2.24) is 14.5 Å². The second kappa shape index (κ2) is 7.03. The van der Waals surface area contributed by atoms with Crippen molar-refractivity contribution in [3.05, 3.63) is 103 Å². The van der Waals surface area contributed by atoms with Gasteiger partial charge in [0, 0.05) is 34.2 Å². The molecule has 0 aliphatic rings. The van der Waals surface area contributed by atoms with Crippen LogP contribution in [0.4, 0.5) is 0 Å². The van der Waals surface area contributed by atoms with E-state index in [-0.39, 0.29) is 0 Å². The van der Waals surface area contributed by atoms with Crippen LogP contribution in [-0.2, 0) is 0 Å². The molecule has 0 aliphatic carbocycles. The highest BCUT2D eigenvalue weighted by Crippen LogP contribution is 2.36. The molecule has 7 aromatic rings. The van der Waals surface area contributed by atoms with Gasteiger partial charge in [0.1, 0.15) is 11.1 Å². The molecular formula is C29H16N4O. The van der Waals surface area contributed by atoms with Gasteiger partial charge in [-0.15, -0.1) is 0 Å². The molecule has 0 fully saturated rings. The Bertz CT molecular complexity index is 1920. The van der Waals surface area contributed by atoms with Crippen LogP contribution in [0.5, 0.6) is 0 Å². The van der Waals surface area contributed by atoms with E-state index < -0.39 is 0 Å². The molecule has 0 saturated carbocycles. The van der Waals surface area contributed by atoms with Crippen LogP contribution in [0.25, 0.3) is 60.8 Å². The van der Waals surface area contributed by atoms with E-state index in [1.165, 1.54) is 0 Å². The first kappa shape index (κ1) is 18.6. The van der Waals surface area contributed by atoms with Gasteiger partial charge in [-0.1, -0.05) is 30.3 Å². The first-order valence-corrected chi connectivity index (χ1v) is 11.0. The van der Waals surface area contributed by atoms with Gasteiger partial charge in [0.15, 0.2) is 0 Å². The molecule has 0 radical (unpaired) electrons. The number of hydrogen-bond donors (Lipinski definition) is 0. The smallest absolute Gasteiger partial charge is 0.246 e. The Morgan fingerprint density at radius 3 is 2.24 bits per heavy atom. The molecule has 3 aromatic heterocycles. The first-order chi connectivity index (χ1) is 16.8. The van der Waals surface area contributed by atoms with E-state index in [0.717, 1.165) is 55.1 Å². The molecule has 3 heterocycles. The number of benzene rings is 4. The van der Waals surface area contributed by atoms with Crippen molar-refractivity contribution in [1.29, 1.82) is 5.26 Å². The Morgan fingerprint density at radius 2 is 1.41 bits per heavy atom. The molecule has 0 amide bonds. The number of hydrogen-bond acceptors (Lipinski definition) is 4. The van der Waals surface area contributed by atoms with Gasteiger partial charge in [0.2, 0.25) is 5.71 Å². The maximum absolute atomic E-state index is 9.52.